The third-order valence-electron chi connectivity index (χ3n) is 4.94. The summed E-state index contributed by atoms with van der Waals surface area (Å²) >= 11 is 1.34. The Labute approximate surface area is 167 Å². The van der Waals surface area contributed by atoms with Crippen molar-refractivity contribution in [3.8, 4) is 11.5 Å². The molecule has 0 bridgehead atoms. The van der Waals surface area contributed by atoms with E-state index in [4.69, 9.17) is 0 Å². The van der Waals surface area contributed by atoms with Crippen LogP contribution in [0, 0.1) is 0 Å². The van der Waals surface area contributed by atoms with Crippen molar-refractivity contribution in [1.29, 1.82) is 0 Å². The van der Waals surface area contributed by atoms with Crippen molar-refractivity contribution >= 4 is 34.6 Å². The van der Waals surface area contributed by atoms with Crippen molar-refractivity contribution in [3.63, 3.8) is 0 Å². The Morgan fingerprint density at radius 2 is 1.96 bits per heavy atom. The number of benzene rings is 1. The number of aromatic hydroxyl groups is 2. The molecule has 1 aromatic carbocycles. The lowest BCUT2D eigenvalue weighted by Crippen LogP contribution is -2.40. The number of hydrogen-bond donors (Lipinski definition) is 2. The molecule has 1 aliphatic heterocycles. The van der Waals surface area contributed by atoms with Gasteiger partial charge in [-0.3, -0.25) is 14.7 Å². The van der Waals surface area contributed by atoms with Gasteiger partial charge in [0.05, 0.1) is 16.8 Å². The van der Waals surface area contributed by atoms with Crippen LogP contribution in [-0.2, 0) is 4.79 Å². The van der Waals surface area contributed by atoms with E-state index in [1.165, 1.54) is 30.3 Å². The molecular weight excluding hydrogens is 374 g/mol. The van der Waals surface area contributed by atoms with Gasteiger partial charge in [0.2, 0.25) is 0 Å². The molecule has 1 aliphatic carbocycles. The van der Waals surface area contributed by atoms with Gasteiger partial charge in [-0.05, 0) is 60.5 Å². The van der Waals surface area contributed by atoms with Gasteiger partial charge < -0.3 is 10.2 Å². The molecule has 6 nitrogen and oxygen atoms in total. The third kappa shape index (κ3) is 3.89. The molecule has 2 N–H and O–H groups in total. The van der Waals surface area contributed by atoms with Crippen LogP contribution in [0.2, 0.25) is 0 Å². The summed E-state index contributed by atoms with van der Waals surface area (Å²) in [6.45, 7) is 0. The van der Waals surface area contributed by atoms with E-state index in [1.54, 1.807) is 24.5 Å². The van der Waals surface area contributed by atoms with Crippen LogP contribution in [0.5, 0.6) is 11.5 Å². The highest BCUT2D eigenvalue weighted by Crippen LogP contribution is 2.39. The number of aromatic nitrogens is 1. The Balaban J connectivity index is 1.69. The summed E-state index contributed by atoms with van der Waals surface area (Å²) in [4.78, 5) is 24.3. The summed E-state index contributed by atoms with van der Waals surface area (Å²) in [5.41, 5.74) is 1.36. The molecule has 0 spiro atoms. The molecule has 1 saturated carbocycles. The maximum Gasteiger partial charge on any atom is 0.267 e. The minimum Gasteiger partial charge on any atom is -0.504 e. The number of carbonyl (C=O) groups is 1. The first-order chi connectivity index (χ1) is 13.6. The molecule has 7 heteroatoms. The van der Waals surface area contributed by atoms with E-state index in [-0.39, 0.29) is 23.4 Å². The fourth-order valence-electron chi connectivity index (χ4n) is 3.54. The summed E-state index contributed by atoms with van der Waals surface area (Å²) < 4.78 is 0. The van der Waals surface area contributed by atoms with E-state index in [0.29, 0.717) is 21.3 Å². The number of carbonyl (C=O) groups excluding carboxylic acids is 1. The summed E-state index contributed by atoms with van der Waals surface area (Å²) in [5, 5.41) is 19.9. The number of phenols is 2. The van der Waals surface area contributed by atoms with Crippen molar-refractivity contribution in [1.82, 2.24) is 9.88 Å². The topological polar surface area (TPSA) is 86.0 Å². The predicted molar refractivity (Wildman–Crippen MR) is 110 cm³/mol. The fourth-order valence-corrected chi connectivity index (χ4v) is 4.60. The van der Waals surface area contributed by atoms with Gasteiger partial charge in [0.1, 0.15) is 0 Å². The van der Waals surface area contributed by atoms with Crippen LogP contribution in [0.1, 0.15) is 37.7 Å². The lowest BCUT2D eigenvalue weighted by Gasteiger charge is -2.30. The first-order valence-electron chi connectivity index (χ1n) is 9.35. The van der Waals surface area contributed by atoms with Crippen LogP contribution in [0.15, 0.2) is 52.6 Å². The number of thioether (sulfide) groups is 1. The zero-order valence-electron chi connectivity index (χ0n) is 15.3. The van der Waals surface area contributed by atoms with Crippen LogP contribution in [-0.4, -0.2) is 37.2 Å². The van der Waals surface area contributed by atoms with Crippen LogP contribution in [0.25, 0.3) is 6.08 Å². The summed E-state index contributed by atoms with van der Waals surface area (Å²) in [6, 6.07) is 8.36. The Bertz CT molecular complexity index is 937. The highest BCUT2D eigenvalue weighted by Gasteiger charge is 2.38. The highest BCUT2D eigenvalue weighted by molar-refractivity contribution is 8.18. The molecule has 0 atom stereocenters. The second kappa shape index (κ2) is 8.06. The van der Waals surface area contributed by atoms with Crippen molar-refractivity contribution in [2.45, 2.75) is 38.1 Å². The van der Waals surface area contributed by atoms with Crippen LogP contribution in [0.3, 0.4) is 0 Å². The number of hydrogen-bond acceptors (Lipinski definition) is 6. The number of nitrogens with zero attached hydrogens (tertiary/aromatic N) is 3. The van der Waals surface area contributed by atoms with E-state index >= 15 is 0 Å². The minimum atomic E-state index is -0.210. The second-order valence-corrected chi connectivity index (χ2v) is 7.94. The first-order valence-corrected chi connectivity index (χ1v) is 10.2. The molecule has 0 radical (unpaired) electrons. The fraction of sp³-hybridized carbons (Fsp3) is 0.286. The van der Waals surface area contributed by atoms with Gasteiger partial charge >= 0.3 is 0 Å². The smallest absolute Gasteiger partial charge is 0.267 e. The van der Waals surface area contributed by atoms with Crippen LogP contribution in [0.4, 0.5) is 5.69 Å². The predicted octanol–water partition coefficient (Wildman–Crippen LogP) is 4.43. The van der Waals surface area contributed by atoms with Gasteiger partial charge in [-0.1, -0.05) is 25.3 Å². The van der Waals surface area contributed by atoms with Gasteiger partial charge in [0, 0.05) is 12.2 Å². The Hall–Kier alpha value is -2.80. The molecule has 2 aliphatic rings. The molecule has 1 saturated heterocycles. The van der Waals surface area contributed by atoms with E-state index < -0.39 is 0 Å². The van der Waals surface area contributed by atoms with Gasteiger partial charge in [-0.2, -0.15) is 0 Å². The normalized spacial score (nSPS) is 21.0. The average Bonchev–Trinajstić information content (AvgIpc) is 3.01. The number of aliphatic imine (C=N–C) groups is 1. The Morgan fingerprint density at radius 1 is 1.14 bits per heavy atom. The quantitative estimate of drug-likeness (QED) is 0.593. The van der Waals surface area contributed by atoms with E-state index in [9.17, 15) is 15.0 Å². The zero-order chi connectivity index (χ0) is 19.5. The number of pyridine rings is 1. The minimum absolute atomic E-state index is 0.0629. The third-order valence-corrected chi connectivity index (χ3v) is 5.93. The van der Waals surface area contributed by atoms with Crippen molar-refractivity contribution in [2.75, 3.05) is 0 Å². The first kappa shape index (κ1) is 18.6. The Kier molecular flexibility index (Phi) is 5.34. The molecule has 1 aromatic heterocycles. The maximum absolute atomic E-state index is 13.2. The molecule has 2 aromatic rings. The van der Waals surface area contributed by atoms with Crippen molar-refractivity contribution in [2.24, 2.45) is 4.99 Å². The number of phenolic OH excluding ortho intramolecular Hbond substituents is 2. The van der Waals surface area contributed by atoms with Crippen LogP contribution >= 0.6 is 11.8 Å². The van der Waals surface area contributed by atoms with E-state index in [0.717, 1.165) is 25.7 Å². The molecule has 4 rings (SSSR count). The Morgan fingerprint density at radius 3 is 2.68 bits per heavy atom. The zero-order valence-corrected chi connectivity index (χ0v) is 16.1. The van der Waals surface area contributed by atoms with Gasteiger partial charge in [0.15, 0.2) is 16.7 Å². The summed E-state index contributed by atoms with van der Waals surface area (Å²) in [6.07, 6.45) is 10.5. The lowest BCUT2D eigenvalue weighted by atomic mass is 9.94. The highest BCUT2D eigenvalue weighted by atomic mass is 32.2. The summed E-state index contributed by atoms with van der Waals surface area (Å²) in [7, 11) is 0. The van der Waals surface area contributed by atoms with Crippen molar-refractivity contribution in [3.05, 3.63) is 53.2 Å². The van der Waals surface area contributed by atoms with Gasteiger partial charge in [0.25, 0.3) is 5.91 Å². The number of amidine groups is 1. The maximum atomic E-state index is 13.2. The van der Waals surface area contributed by atoms with Crippen LogP contribution < -0.4 is 0 Å². The van der Waals surface area contributed by atoms with E-state index in [1.807, 2.05) is 17.0 Å². The molecule has 2 heterocycles. The lowest BCUT2D eigenvalue weighted by molar-refractivity contribution is -0.124. The molecule has 2 fully saturated rings. The van der Waals surface area contributed by atoms with E-state index in [2.05, 4.69) is 9.98 Å². The average molecular weight is 395 g/mol. The molecule has 0 unspecified atom stereocenters. The standard InChI is InChI=1S/C21H21N3O3S/c25-17-9-8-14(11-18(17)26)12-19-20(27)24(16-6-2-1-3-7-16)21(28-19)23-15-5-4-10-22-13-15/h4-5,8-13,16,25-26H,1-3,6-7H2/b19-12-,23-21?. The van der Waals surface area contributed by atoms with Gasteiger partial charge in [-0.15, -0.1) is 0 Å². The van der Waals surface area contributed by atoms with Gasteiger partial charge in [-0.25, -0.2) is 4.99 Å². The number of rotatable bonds is 3. The number of amides is 1. The largest absolute Gasteiger partial charge is 0.504 e. The molecular formula is C21H21N3O3S. The van der Waals surface area contributed by atoms with Crippen molar-refractivity contribution < 1.29 is 15.0 Å². The summed E-state index contributed by atoms with van der Waals surface area (Å²) in [5.74, 6) is -0.458. The SMILES string of the molecule is O=C1/C(=C/c2ccc(O)c(O)c2)SC(=Nc2cccnc2)N1C1CCCCC1. The monoisotopic (exact) mass is 395 g/mol. The molecule has 1 amide bonds. The molecule has 28 heavy (non-hydrogen) atoms. The molecule has 144 valence electrons. The second-order valence-electron chi connectivity index (χ2n) is 6.93.